The summed E-state index contributed by atoms with van der Waals surface area (Å²) in [6.45, 7) is 1.60. The van der Waals surface area contributed by atoms with Gasteiger partial charge in [-0.05, 0) is 30.2 Å². The Balaban J connectivity index is 1.64. The molecule has 3 heterocycles. The molecule has 1 atom stereocenters. The van der Waals surface area contributed by atoms with Crippen LogP contribution >= 0.6 is 11.3 Å². The number of hydrogen-bond acceptors (Lipinski definition) is 7. The van der Waals surface area contributed by atoms with E-state index in [1.165, 1.54) is 18.4 Å². The van der Waals surface area contributed by atoms with Crippen molar-refractivity contribution in [1.29, 1.82) is 0 Å². The lowest BCUT2D eigenvalue weighted by atomic mass is 10.0. The van der Waals surface area contributed by atoms with Gasteiger partial charge in [-0.15, -0.1) is 16.4 Å². The summed E-state index contributed by atoms with van der Waals surface area (Å²) in [5.74, 6) is -0.979. The largest absolute Gasteiger partial charge is 0.369 e. The second-order valence-electron chi connectivity index (χ2n) is 7.79. The fraction of sp³-hybridized carbons (Fsp3) is 0.190. The summed E-state index contributed by atoms with van der Waals surface area (Å²) in [5, 5.41) is 8.22. The van der Waals surface area contributed by atoms with Crippen LogP contribution in [0.15, 0.2) is 59.9 Å². The lowest BCUT2D eigenvalue weighted by Gasteiger charge is -2.33. The Bertz CT molecular complexity index is 1460. The first-order chi connectivity index (χ1) is 15.2. The first-order valence-electron chi connectivity index (χ1n) is 9.70. The van der Waals surface area contributed by atoms with Crippen LogP contribution in [0.1, 0.15) is 11.8 Å². The fourth-order valence-corrected chi connectivity index (χ4v) is 6.70. The standard InChI is InChI=1S/C21H19FN6O2S2/c1-21(12-32(29,30)27(2)20(23)25-21)19-17(22)16-5-3-4-15(18(16)31-19)13-6-8-14(9-7-13)28-11-10-24-26-28/h3-11H,12H2,1-2H3,(H2,23,25). The van der Waals surface area contributed by atoms with Gasteiger partial charge in [-0.25, -0.2) is 26.8 Å². The summed E-state index contributed by atoms with van der Waals surface area (Å²) in [5.41, 5.74) is 7.14. The summed E-state index contributed by atoms with van der Waals surface area (Å²) in [6, 6.07) is 13.1. The topological polar surface area (TPSA) is 106 Å². The summed E-state index contributed by atoms with van der Waals surface area (Å²) in [6.07, 6.45) is 3.35. The third kappa shape index (κ3) is 3.16. The maximum atomic E-state index is 15.6. The molecule has 5 rings (SSSR count). The summed E-state index contributed by atoms with van der Waals surface area (Å²) in [4.78, 5) is 4.60. The molecule has 4 aromatic rings. The van der Waals surface area contributed by atoms with E-state index in [1.54, 1.807) is 36.1 Å². The summed E-state index contributed by atoms with van der Waals surface area (Å²) >= 11 is 1.21. The van der Waals surface area contributed by atoms with E-state index in [4.69, 9.17) is 5.73 Å². The lowest BCUT2D eigenvalue weighted by molar-refractivity contribution is 0.467. The van der Waals surface area contributed by atoms with Gasteiger partial charge in [0.2, 0.25) is 16.0 Å². The van der Waals surface area contributed by atoms with Crippen molar-refractivity contribution in [1.82, 2.24) is 19.3 Å². The zero-order chi connectivity index (χ0) is 22.7. The van der Waals surface area contributed by atoms with E-state index in [0.29, 0.717) is 5.39 Å². The minimum absolute atomic E-state index is 0.153. The quantitative estimate of drug-likeness (QED) is 0.495. The van der Waals surface area contributed by atoms with Crippen molar-refractivity contribution in [2.75, 3.05) is 12.8 Å². The van der Waals surface area contributed by atoms with Crippen molar-refractivity contribution >= 4 is 37.4 Å². The molecule has 0 fully saturated rings. The van der Waals surface area contributed by atoms with Gasteiger partial charge in [0.05, 0.1) is 28.7 Å². The van der Waals surface area contributed by atoms with E-state index in [9.17, 15) is 8.42 Å². The highest BCUT2D eigenvalue weighted by Crippen LogP contribution is 2.44. The van der Waals surface area contributed by atoms with Gasteiger partial charge >= 0.3 is 0 Å². The molecule has 0 saturated carbocycles. The maximum Gasteiger partial charge on any atom is 0.239 e. The van der Waals surface area contributed by atoms with Crippen molar-refractivity contribution in [3.8, 4) is 16.8 Å². The first kappa shape index (κ1) is 20.6. The fourth-order valence-electron chi connectivity index (χ4n) is 3.87. The number of sulfonamides is 1. The van der Waals surface area contributed by atoms with Gasteiger partial charge in [0.1, 0.15) is 11.4 Å². The third-order valence-electron chi connectivity index (χ3n) is 5.57. The minimum Gasteiger partial charge on any atom is -0.369 e. The van der Waals surface area contributed by atoms with Crippen LogP contribution in [0, 0.1) is 5.82 Å². The third-order valence-corrected chi connectivity index (χ3v) is 8.99. The molecule has 1 aliphatic rings. The van der Waals surface area contributed by atoms with Crippen LogP contribution in [0.2, 0.25) is 0 Å². The maximum absolute atomic E-state index is 15.6. The Kier molecular flexibility index (Phi) is 4.57. The van der Waals surface area contributed by atoms with Crippen LogP contribution in [0.3, 0.4) is 0 Å². The molecule has 0 amide bonds. The van der Waals surface area contributed by atoms with Crippen LogP contribution in [-0.2, 0) is 15.6 Å². The number of hydrogen-bond donors (Lipinski definition) is 1. The molecule has 164 valence electrons. The highest BCUT2D eigenvalue weighted by atomic mass is 32.2. The number of halogens is 1. The van der Waals surface area contributed by atoms with E-state index < -0.39 is 21.4 Å². The Hall–Kier alpha value is -3.31. The molecule has 1 aliphatic heterocycles. The number of guanidine groups is 1. The summed E-state index contributed by atoms with van der Waals surface area (Å²) in [7, 11) is -2.36. The van der Waals surface area contributed by atoms with Gasteiger partial charge < -0.3 is 5.73 Å². The van der Waals surface area contributed by atoms with E-state index in [0.717, 1.165) is 25.8 Å². The number of aromatic nitrogens is 3. The van der Waals surface area contributed by atoms with Gasteiger partial charge in [0.25, 0.3) is 0 Å². The van der Waals surface area contributed by atoms with E-state index in [1.807, 2.05) is 30.3 Å². The SMILES string of the molecule is CN1C(N)=NC(C)(c2sc3c(-c4ccc(-n5ccnn5)cc4)cccc3c2F)CS1(=O)=O. The highest BCUT2D eigenvalue weighted by molar-refractivity contribution is 7.89. The molecule has 2 aromatic heterocycles. The second-order valence-corrected chi connectivity index (χ2v) is 10.8. The summed E-state index contributed by atoms with van der Waals surface area (Å²) < 4.78 is 44.0. The van der Waals surface area contributed by atoms with Gasteiger partial charge in [0.15, 0.2) is 0 Å². The van der Waals surface area contributed by atoms with Crippen LogP contribution in [0.25, 0.3) is 26.9 Å². The van der Waals surface area contributed by atoms with E-state index in [2.05, 4.69) is 15.3 Å². The number of rotatable bonds is 3. The number of fused-ring (bicyclic) bond motifs is 1. The van der Waals surface area contributed by atoms with E-state index in [-0.39, 0.29) is 16.6 Å². The van der Waals surface area contributed by atoms with Gasteiger partial charge in [-0.3, -0.25) is 0 Å². The number of nitrogens with zero attached hydrogens (tertiary/aromatic N) is 5. The number of thiophene rings is 1. The minimum atomic E-state index is -3.71. The highest BCUT2D eigenvalue weighted by Gasteiger charge is 2.43. The molecule has 0 spiro atoms. The lowest BCUT2D eigenvalue weighted by Crippen LogP contribution is -2.50. The van der Waals surface area contributed by atoms with Gasteiger partial charge in [-0.2, -0.15) is 0 Å². The van der Waals surface area contributed by atoms with Crippen molar-refractivity contribution < 1.29 is 12.8 Å². The van der Waals surface area contributed by atoms with Crippen molar-refractivity contribution in [2.24, 2.45) is 10.7 Å². The van der Waals surface area contributed by atoms with Crippen molar-refractivity contribution in [3.05, 3.63) is 65.6 Å². The van der Waals surface area contributed by atoms with Crippen molar-refractivity contribution in [3.63, 3.8) is 0 Å². The van der Waals surface area contributed by atoms with Crippen molar-refractivity contribution in [2.45, 2.75) is 12.5 Å². The average molecular weight is 471 g/mol. The Morgan fingerprint density at radius 2 is 1.94 bits per heavy atom. The molecule has 0 aliphatic carbocycles. The Labute approximate surface area is 187 Å². The molecule has 32 heavy (non-hydrogen) atoms. The molecule has 0 saturated heterocycles. The molecule has 11 heteroatoms. The number of benzene rings is 2. The molecular weight excluding hydrogens is 451 g/mol. The van der Waals surface area contributed by atoms with Crippen LogP contribution in [0.5, 0.6) is 0 Å². The van der Waals surface area contributed by atoms with Crippen LogP contribution in [0.4, 0.5) is 4.39 Å². The second kappa shape index (κ2) is 7.10. The smallest absolute Gasteiger partial charge is 0.239 e. The monoisotopic (exact) mass is 470 g/mol. The predicted molar refractivity (Wildman–Crippen MR) is 123 cm³/mol. The zero-order valence-corrected chi connectivity index (χ0v) is 18.9. The zero-order valence-electron chi connectivity index (χ0n) is 17.2. The number of nitrogens with two attached hydrogens (primary N) is 1. The molecule has 8 nitrogen and oxygen atoms in total. The molecule has 2 aromatic carbocycles. The predicted octanol–water partition coefficient (Wildman–Crippen LogP) is 3.09. The Morgan fingerprint density at radius 3 is 2.59 bits per heavy atom. The van der Waals surface area contributed by atoms with Gasteiger partial charge in [-0.1, -0.05) is 35.5 Å². The van der Waals surface area contributed by atoms with Crippen LogP contribution in [-0.4, -0.2) is 46.5 Å². The normalized spacial score (nSPS) is 20.5. The van der Waals surface area contributed by atoms with Gasteiger partial charge in [0, 0.05) is 17.1 Å². The van der Waals surface area contributed by atoms with Crippen LogP contribution < -0.4 is 5.73 Å². The average Bonchev–Trinajstić information content (AvgIpc) is 3.41. The molecule has 2 N–H and O–H groups in total. The molecule has 0 bridgehead atoms. The Morgan fingerprint density at radius 1 is 1.19 bits per heavy atom. The first-order valence-corrected chi connectivity index (χ1v) is 12.1. The molecule has 1 unspecified atom stereocenters. The molecular formula is C21H19FN6O2S2. The number of aliphatic imine (C=N–C) groups is 1. The van der Waals surface area contributed by atoms with E-state index >= 15 is 4.39 Å². The molecule has 0 radical (unpaired) electrons.